The number of ether oxygens (including phenoxy) is 2. The lowest BCUT2D eigenvalue weighted by molar-refractivity contribution is -0.140. The number of benzene rings is 1. The first kappa shape index (κ1) is 29.2. The van der Waals surface area contributed by atoms with E-state index in [2.05, 4.69) is 41.0 Å². The van der Waals surface area contributed by atoms with E-state index in [1.165, 1.54) is 0 Å². The molecule has 2 aromatic heterocycles. The Morgan fingerprint density at radius 3 is 2.90 bits per heavy atom. The van der Waals surface area contributed by atoms with Gasteiger partial charge in [0.1, 0.15) is 11.6 Å². The number of amides is 1. The van der Waals surface area contributed by atoms with Gasteiger partial charge in [0.2, 0.25) is 5.91 Å². The quantitative estimate of drug-likeness (QED) is 0.230. The smallest absolute Gasteiger partial charge is 0.342 e. The average Bonchev–Trinajstić information content (AvgIpc) is 3.31. The van der Waals surface area contributed by atoms with Crippen molar-refractivity contribution in [1.82, 2.24) is 19.8 Å². The molecule has 0 radical (unpaired) electrons. The predicted molar refractivity (Wildman–Crippen MR) is 163 cm³/mol. The normalized spacial score (nSPS) is 17.3. The van der Waals surface area contributed by atoms with E-state index >= 15 is 0 Å². The van der Waals surface area contributed by atoms with Crippen LogP contribution in [0.1, 0.15) is 35.5 Å². The fourth-order valence-electron chi connectivity index (χ4n) is 5.28. The molecule has 1 amide bonds. The molecule has 10 heteroatoms. The van der Waals surface area contributed by atoms with Gasteiger partial charge in [0, 0.05) is 54.7 Å². The number of cyclic esters (lactones) is 1. The zero-order valence-electron chi connectivity index (χ0n) is 24.4. The Kier molecular flexibility index (Phi) is 8.30. The number of hydrogen-bond donors (Lipinski definition) is 2. The number of halogens is 1. The highest BCUT2D eigenvalue weighted by molar-refractivity contribution is 6.32. The van der Waals surface area contributed by atoms with Gasteiger partial charge in [-0.05, 0) is 32.3 Å². The van der Waals surface area contributed by atoms with Crippen molar-refractivity contribution in [2.45, 2.75) is 26.3 Å². The van der Waals surface area contributed by atoms with Crippen molar-refractivity contribution in [2.75, 3.05) is 46.2 Å². The maximum atomic E-state index is 13.0. The average molecular weight is 588 g/mol. The van der Waals surface area contributed by atoms with Crippen LogP contribution in [0.3, 0.4) is 0 Å². The maximum absolute atomic E-state index is 13.0. The minimum Gasteiger partial charge on any atom is -0.493 e. The summed E-state index contributed by atoms with van der Waals surface area (Å²) in [5.41, 5.74) is 4.24. The Hall–Kier alpha value is -4.26. The van der Waals surface area contributed by atoms with Gasteiger partial charge in [-0.3, -0.25) is 9.78 Å². The van der Waals surface area contributed by atoms with Crippen LogP contribution in [0, 0.1) is 17.3 Å². The van der Waals surface area contributed by atoms with Gasteiger partial charge in [0.25, 0.3) is 0 Å². The Labute approximate surface area is 250 Å². The number of anilines is 2. The molecule has 0 spiro atoms. The van der Waals surface area contributed by atoms with Crippen LogP contribution in [0.15, 0.2) is 48.8 Å². The monoisotopic (exact) mass is 587 g/mol. The van der Waals surface area contributed by atoms with E-state index in [1.54, 1.807) is 42.6 Å². The lowest BCUT2D eigenvalue weighted by Gasteiger charge is -2.51. The van der Waals surface area contributed by atoms with E-state index in [9.17, 15) is 9.59 Å². The van der Waals surface area contributed by atoms with E-state index in [1.807, 2.05) is 37.2 Å². The molecule has 42 heavy (non-hydrogen) atoms. The van der Waals surface area contributed by atoms with Crippen molar-refractivity contribution in [3.8, 4) is 28.8 Å². The molecule has 2 aliphatic rings. The number of likely N-dealkylation sites (N-methyl/N-ethyl adjacent to an activating group) is 1. The largest absolute Gasteiger partial charge is 0.493 e. The number of carbonyl (C=O) groups excluding carboxylic acids is 2. The first-order chi connectivity index (χ1) is 20.1. The third-order valence-corrected chi connectivity index (χ3v) is 7.67. The number of likely N-dealkylation sites (tertiary alicyclic amines) is 1. The number of para-hydroxylation sites is 1. The van der Waals surface area contributed by atoms with Gasteiger partial charge in [-0.15, -0.1) is 0 Å². The van der Waals surface area contributed by atoms with E-state index in [-0.39, 0.29) is 17.4 Å². The number of carbonyl (C=O) groups is 2. The summed E-state index contributed by atoms with van der Waals surface area (Å²) in [6, 6.07) is 6.95. The van der Waals surface area contributed by atoms with Crippen molar-refractivity contribution in [3.63, 3.8) is 0 Å². The van der Waals surface area contributed by atoms with Crippen LogP contribution in [-0.4, -0.2) is 78.6 Å². The molecule has 0 saturated carbocycles. The van der Waals surface area contributed by atoms with Gasteiger partial charge in [0.15, 0.2) is 5.75 Å². The highest BCUT2D eigenvalue weighted by Crippen LogP contribution is 2.42. The molecule has 5 rings (SSSR count). The van der Waals surface area contributed by atoms with E-state index in [4.69, 9.17) is 21.1 Å². The number of rotatable bonds is 7. The second-order valence-electron chi connectivity index (χ2n) is 11.3. The summed E-state index contributed by atoms with van der Waals surface area (Å²) >= 11 is 6.39. The Bertz CT molecular complexity index is 1610. The lowest BCUT2D eigenvalue weighted by Crippen LogP contribution is -2.62. The van der Waals surface area contributed by atoms with Crippen molar-refractivity contribution >= 4 is 34.9 Å². The van der Waals surface area contributed by atoms with Crippen LogP contribution in [0.4, 0.5) is 11.4 Å². The molecule has 1 fully saturated rings. The maximum Gasteiger partial charge on any atom is 0.342 e. The molecule has 0 unspecified atom stereocenters. The number of pyridine rings is 1. The number of nitrogens with zero attached hydrogens (tertiary/aromatic N) is 3. The van der Waals surface area contributed by atoms with Crippen LogP contribution < -0.4 is 10.1 Å². The van der Waals surface area contributed by atoms with Gasteiger partial charge >= 0.3 is 5.97 Å². The molecule has 9 nitrogen and oxygen atoms in total. The molecule has 0 bridgehead atoms. The van der Waals surface area contributed by atoms with Crippen LogP contribution >= 0.6 is 11.6 Å². The number of nitrogens with one attached hydrogen (secondary N) is 2. The number of aromatic nitrogens is 2. The predicted octanol–water partition coefficient (Wildman–Crippen LogP) is 4.90. The number of aromatic amines is 1. The number of esters is 1. The molecule has 2 aliphatic heterocycles. The van der Waals surface area contributed by atoms with Gasteiger partial charge < -0.3 is 29.6 Å². The van der Waals surface area contributed by atoms with Crippen LogP contribution in [0.5, 0.6) is 5.75 Å². The summed E-state index contributed by atoms with van der Waals surface area (Å²) in [5.74, 6) is 6.61. The molecule has 3 aromatic rings. The minimum absolute atomic E-state index is 0.0561. The van der Waals surface area contributed by atoms with Crippen molar-refractivity contribution < 1.29 is 19.1 Å². The summed E-state index contributed by atoms with van der Waals surface area (Å²) in [6.45, 7) is 5.81. The van der Waals surface area contributed by atoms with E-state index in [0.717, 1.165) is 11.3 Å². The van der Waals surface area contributed by atoms with Crippen LogP contribution in [0.25, 0.3) is 11.3 Å². The minimum atomic E-state index is -0.420. The third-order valence-electron chi connectivity index (χ3n) is 7.38. The summed E-state index contributed by atoms with van der Waals surface area (Å²) < 4.78 is 10.9. The van der Waals surface area contributed by atoms with Gasteiger partial charge in [0.05, 0.1) is 41.4 Å². The zero-order chi connectivity index (χ0) is 30.0. The fourth-order valence-corrected chi connectivity index (χ4v) is 5.53. The zero-order valence-corrected chi connectivity index (χ0v) is 25.1. The SMILES string of the molecule is COc1c(Cl)cccc1Nc1c(-c2ccncc2C#C[C@H]2N(C(=O)/C=C/CN(C)C)CC2(C)C)[nH]c2c1C(=O)OCC2. The number of fused-ring (bicyclic) bond motifs is 1. The first-order valence-corrected chi connectivity index (χ1v) is 14.1. The molecule has 0 aliphatic carbocycles. The highest BCUT2D eigenvalue weighted by atomic mass is 35.5. The Morgan fingerprint density at radius 2 is 2.17 bits per heavy atom. The molecule has 4 heterocycles. The topological polar surface area (TPSA) is 99.8 Å². The molecule has 1 saturated heterocycles. The summed E-state index contributed by atoms with van der Waals surface area (Å²) in [5, 5.41) is 3.81. The molecular formula is C32H34ClN5O4. The molecule has 1 atom stereocenters. The molecule has 1 aromatic carbocycles. The molecule has 2 N–H and O–H groups in total. The number of hydrogen-bond acceptors (Lipinski definition) is 7. The van der Waals surface area contributed by atoms with Crippen molar-refractivity contribution in [3.05, 3.63) is 70.7 Å². The molecule has 218 valence electrons. The summed E-state index contributed by atoms with van der Waals surface area (Å²) in [4.78, 5) is 37.4. The Morgan fingerprint density at radius 1 is 1.36 bits per heavy atom. The number of methoxy groups -OCH3 is 1. The second kappa shape index (κ2) is 11.9. The first-order valence-electron chi connectivity index (χ1n) is 13.7. The van der Waals surface area contributed by atoms with Gasteiger partial charge in [-0.2, -0.15) is 0 Å². The summed E-state index contributed by atoms with van der Waals surface area (Å²) in [7, 11) is 5.45. The van der Waals surface area contributed by atoms with Gasteiger partial charge in [-0.1, -0.05) is 49.4 Å². The summed E-state index contributed by atoms with van der Waals surface area (Å²) in [6.07, 6.45) is 7.39. The third kappa shape index (κ3) is 5.73. The second-order valence-corrected chi connectivity index (χ2v) is 11.7. The van der Waals surface area contributed by atoms with Crippen LogP contribution in [-0.2, 0) is 16.0 Å². The van der Waals surface area contributed by atoms with Crippen LogP contribution in [0.2, 0.25) is 5.02 Å². The lowest BCUT2D eigenvalue weighted by atomic mass is 9.75. The van der Waals surface area contributed by atoms with Crippen molar-refractivity contribution in [1.29, 1.82) is 0 Å². The number of H-pyrrole nitrogens is 1. The highest BCUT2D eigenvalue weighted by Gasteiger charge is 2.46. The molecular weight excluding hydrogens is 554 g/mol. The standard InChI is InChI=1S/C32H34ClN5O4/c1-32(2)19-38(26(39)10-7-16-37(3)4)25(32)12-11-20-18-34-15-13-21(20)28-29(27-23(35-28)14-17-42-31(27)40)36-24-9-6-8-22(33)30(24)41-5/h6-10,13,15,18,25,35-36H,14,16-17,19H2,1-5H3/b10-7+/t25-/m1/s1. The van der Waals surface area contributed by atoms with E-state index < -0.39 is 5.97 Å². The Balaban J connectivity index is 1.54. The van der Waals surface area contributed by atoms with Crippen molar-refractivity contribution in [2.24, 2.45) is 5.41 Å². The fraction of sp³-hybridized carbons (Fsp3) is 0.344. The van der Waals surface area contributed by atoms with Gasteiger partial charge in [-0.25, -0.2) is 4.79 Å². The van der Waals surface area contributed by atoms with E-state index in [0.29, 0.717) is 65.1 Å².